The summed E-state index contributed by atoms with van der Waals surface area (Å²) >= 11 is 0. The summed E-state index contributed by atoms with van der Waals surface area (Å²) in [5, 5.41) is 0. The SMILES string of the molecule is CCCCCCCCn1cc[n+](CCCCCCCC)c1CCCCC. The predicted octanol–water partition coefficient (Wildman–Crippen LogP) is 7.23. The fourth-order valence-electron chi connectivity index (χ4n) is 3.85. The van der Waals surface area contributed by atoms with Crippen molar-refractivity contribution in [2.24, 2.45) is 0 Å². The van der Waals surface area contributed by atoms with E-state index in [4.69, 9.17) is 0 Å². The number of imidazole rings is 1. The number of hydrogen-bond donors (Lipinski definition) is 0. The maximum atomic E-state index is 2.56. The van der Waals surface area contributed by atoms with Crippen molar-refractivity contribution in [1.82, 2.24) is 4.57 Å². The third-order valence-electron chi connectivity index (χ3n) is 5.60. The van der Waals surface area contributed by atoms with Crippen LogP contribution < -0.4 is 4.57 Å². The van der Waals surface area contributed by atoms with Crippen LogP contribution in [0.4, 0.5) is 0 Å². The largest absolute Gasteiger partial charge is 0.256 e. The van der Waals surface area contributed by atoms with Gasteiger partial charge in [-0.3, -0.25) is 0 Å². The Kier molecular flexibility index (Phi) is 14.7. The highest BCUT2D eigenvalue weighted by atomic mass is 15.1. The highest BCUT2D eigenvalue weighted by molar-refractivity contribution is 4.84. The van der Waals surface area contributed by atoms with E-state index in [1.165, 1.54) is 116 Å². The molecule has 1 heterocycles. The third kappa shape index (κ3) is 10.4. The molecule has 2 nitrogen and oxygen atoms in total. The Morgan fingerprint density at radius 3 is 1.85 bits per heavy atom. The van der Waals surface area contributed by atoms with Crippen molar-refractivity contribution < 1.29 is 4.57 Å². The second-order valence-corrected chi connectivity index (χ2v) is 8.09. The lowest BCUT2D eigenvalue weighted by atomic mass is 10.1. The molecule has 0 aliphatic heterocycles. The van der Waals surface area contributed by atoms with Crippen LogP contribution in [0.15, 0.2) is 12.4 Å². The molecule has 1 rings (SSSR count). The summed E-state index contributed by atoms with van der Waals surface area (Å²) in [6.45, 7) is 9.34. The van der Waals surface area contributed by atoms with Crippen molar-refractivity contribution in [1.29, 1.82) is 0 Å². The number of nitrogens with zero attached hydrogens (tertiary/aromatic N) is 2. The van der Waals surface area contributed by atoms with Gasteiger partial charge in [-0.2, -0.15) is 0 Å². The summed E-state index contributed by atoms with van der Waals surface area (Å²) in [4.78, 5) is 0. The van der Waals surface area contributed by atoms with Crippen LogP contribution in [-0.4, -0.2) is 4.57 Å². The first-order valence-electron chi connectivity index (χ1n) is 11.9. The van der Waals surface area contributed by atoms with Gasteiger partial charge in [-0.1, -0.05) is 85.0 Å². The summed E-state index contributed by atoms with van der Waals surface area (Å²) in [6.07, 6.45) is 26.6. The van der Waals surface area contributed by atoms with Gasteiger partial charge in [0.1, 0.15) is 12.4 Å². The smallest absolute Gasteiger partial charge is 0.234 e. The summed E-state index contributed by atoms with van der Waals surface area (Å²) in [5.74, 6) is 1.58. The molecule has 0 saturated heterocycles. The Hall–Kier alpha value is -0.790. The molecule has 152 valence electrons. The Labute approximate surface area is 164 Å². The van der Waals surface area contributed by atoms with E-state index in [-0.39, 0.29) is 0 Å². The Morgan fingerprint density at radius 2 is 1.19 bits per heavy atom. The maximum Gasteiger partial charge on any atom is 0.256 e. The molecule has 26 heavy (non-hydrogen) atoms. The molecule has 0 bridgehead atoms. The van der Waals surface area contributed by atoms with Gasteiger partial charge >= 0.3 is 0 Å². The minimum absolute atomic E-state index is 1.22. The van der Waals surface area contributed by atoms with Crippen molar-refractivity contribution in [3.63, 3.8) is 0 Å². The maximum absolute atomic E-state index is 2.56. The minimum atomic E-state index is 1.22. The molecule has 0 unspecified atom stereocenters. The molecule has 0 aliphatic rings. The van der Waals surface area contributed by atoms with Crippen LogP contribution in [0.2, 0.25) is 0 Å². The highest BCUT2D eigenvalue weighted by Crippen LogP contribution is 2.10. The van der Waals surface area contributed by atoms with E-state index in [9.17, 15) is 0 Å². The van der Waals surface area contributed by atoms with Crippen molar-refractivity contribution in [2.45, 2.75) is 137 Å². The molecule has 0 N–H and O–H groups in total. The predicted molar refractivity (Wildman–Crippen MR) is 115 cm³/mol. The first-order valence-corrected chi connectivity index (χ1v) is 11.9. The summed E-state index contributed by atoms with van der Waals surface area (Å²) in [5.41, 5.74) is 0. The Bertz CT molecular complexity index is 388. The Balaban J connectivity index is 2.42. The molecule has 0 amide bonds. The van der Waals surface area contributed by atoms with E-state index in [0.29, 0.717) is 0 Å². The zero-order valence-electron chi connectivity index (χ0n) is 18.3. The molecule has 0 aromatic carbocycles. The molecule has 0 atom stereocenters. The molecular formula is C24H47N2+. The third-order valence-corrected chi connectivity index (χ3v) is 5.60. The first-order chi connectivity index (χ1) is 12.8. The number of unbranched alkanes of at least 4 members (excludes halogenated alkanes) is 12. The molecule has 0 aliphatic carbocycles. The molecule has 0 spiro atoms. The molecule has 1 aromatic rings. The van der Waals surface area contributed by atoms with E-state index in [0.717, 1.165) is 0 Å². The van der Waals surface area contributed by atoms with Gasteiger partial charge in [0.05, 0.1) is 13.1 Å². The average molecular weight is 364 g/mol. The molecule has 0 saturated carbocycles. The van der Waals surface area contributed by atoms with Gasteiger partial charge in [0.25, 0.3) is 5.82 Å². The van der Waals surface area contributed by atoms with Gasteiger partial charge in [0, 0.05) is 6.42 Å². The van der Waals surface area contributed by atoms with Gasteiger partial charge in [0.2, 0.25) is 0 Å². The normalized spacial score (nSPS) is 11.3. The Morgan fingerprint density at radius 1 is 0.654 bits per heavy atom. The summed E-state index contributed by atoms with van der Waals surface area (Å²) in [6, 6.07) is 0. The summed E-state index contributed by atoms with van der Waals surface area (Å²) < 4.78 is 5.12. The average Bonchev–Trinajstić information content (AvgIpc) is 3.03. The van der Waals surface area contributed by atoms with Gasteiger partial charge in [-0.15, -0.1) is 0 Å². The molecule has 2 heteroatoms. The zero-order chi connectivity index (χ0) is 18.9. The van der Waals surface area contributed by atoms with Gasteiger partial charge < -0.3 is 0 Å². The van der Waals surface area contributed by atoms with Crippen molar-refractivity contribution in [2.75, 3.05) is 0 Å². The van der Waals surface area contributed by atoms with Gasteiger partial charge in [-0.05, 0) is 32.1 Å². The number of aromatic nitrogens is 2. The van der Waals surface area contributed by atoms with E-state index in [1.807, 2.05) is 0 Å². The fraction of sp³-hybridized carbons (Fsp3) is 0.875. The van der Waals surface area contributed by atoms with Crippen molar-refractivity contribution in [3.8, 4) is 0 Å². The minimum Gasteiger partial charge on any atom is -0.234 e. The lowest BCUT2D eigenvalue weighted by Crippen LogP contribution is -2.37. The quantitative estimate of drug-likeness (QED) is 0.192. The lowest BCUT2D eigenvalue weighted by Gasteiger charge is -2.06. The fourth-order valence-corrected chi connectivity index (χ4v) is 3.85. The standard InChI is InChI=1S/C24H47N2/c1-4-7-10-12-14-17-20-25-22-23-26(24(25)19-16-9-6-3)21-18-15-13-11-8-5-2/h22-23H,4-21H2,1-3H3/q+1. The van der Waals surface area contributed by atoms with Crippen molar-refractivity contribution in [3.05, 3.63) is 18.2 Å². The highest BCUT2D eigenvalue weighted by Gasteiger charge is 2.16. The molecule has 1 aromatic heterocycles. The van der Waals surface area contributed by atoms with E-state index in [1.54, 1.807) is 5.82 Å². The number of aryl methyl sites for hydroxylation is 2. The monoisotopic (exact) mass is 363 g/mol. The first kappa shape index (κ1) is 23.2. The van der Waals surface area contributed by atoms with Crippen LogP contribution in [-0.2, 0) is 19.5 Å². The molecule has 0 fully saturated rings. The van der Waals surface area contributed by atoms with Crippen LogP contribution in [0.1, 0.15) is 123 Å². The number of rotatable bonds is 18. The van der Waals surface area contributed by atoms with Gasteiger partial charge in [-0.25, -0.2) is 9.13 Å². The van der Waals surface area contributed by atoms with Crippen LogP contribution in [0, 0.1) is 0 Å². The van der Waals surface area contributed by atoms with Crippen LogP contribution >= 0.6 is 0 Å². The zero-order valence-corrected chi connectivity index (χ0v) is 18.3. The second kappa shape index (κ2) is 16.4. The molecular weight excluding hydrogens is 316 g/mol. The van der Waals surface area contributed by atoms with Gasteiger partial charge in [0.15, 0.2) is 0 Å². The van der Waals surface area contributed by atoms with Crippen LogP contribution in [0.5, 0.6) is 0 Å². The molecule has 0 radical (unpaired) electrons. The number of hydrogen-bond acceptors (Lipinski definition) is 0. The van der Waals surface area contributed by atoms with E-state index in [2.05, 4.69) is 42.3 Å². The van der Waals surface area contributed by atoms with Crippen LogP contribution in [0.3, 0.4) is 0 Å². The van der Waals surface area contributed by atoms with E-state index >= 15 is 0 Å². The van der Waals surface area contributed by atoms with Crippen LogP contribution in [0.25, 0.3) is 0 Å². The van der Waals surface area contributed by atoms with E-state index < -0.39 is 0 Å². The van der Waals surface area contributed by atoms with Crippen molar-refractivity contribution >= 4 is 0 Å². The topological polar surface area (TPSA) is 8.81 Å². The summed E-state index contributed by atoms with van der Waals surface area (Å²) in [7, 11) is 0. The lowest BCUT2D eigenvalue weighted by molar-refractivity contribution is -0.704. The second-order valence-electron chi connectivity index (χ2n) is 8.09.